The summed E-state index contributed by atoms with van der Waals surface area (Å²) in [6.45, 7) is 7.10. The number of hydrogen-bond acceptors (Lipinski definition) is 3. The highest BCUT2D eigenvalue weighted by Gasteiger charge is 2.11. The van der Waals surface area contributed by atoms with E-state index in [0.29, 0.717) is 6.54 Å². The molecule has 0 heterocycles. The Labute approximate surface area is 128 Å². The molecule has 0 aliphatic rings. The van der Waals surface area contributed by atoms with Gasteiger partial charge in [0.15, 0.2) is 0 Å². The number of benzene rings is 1. The molecule has 1 aromatic carbocycles. The first-order chi connectivity index (χ1) is 9.72. The van der Waals surface area contributed by atoms with Gasteiger partial charge in [-0.3, -0.25) is 0 Å². The number of thioether (sulfide) groups is 1. The van der Waals surface area contributed by atoms with Gasteiger partial charge in [0.1, 0.15) is 5.75 Å². The number of nitrogens with two attached hydrogens (primary N) is 1. The summed E-state index contributed by atoms with van der Waals surface area (Å²) in [7, 11) is 0. The maximum absolute atomic E-state index is 6.11. The minimum Gasteiger partial charge on any atom is -0.490 e. The van der Waals surface area contributed by atoms with Gasteiger partial charge < -0.3 is 10.5 Å². The summed E-state index contributed by atoms with van der Waals surface area (Å²) in [6.07, 6.45) is 6.54. The molecule has 0 radical (unpaired) electrons. The Bertz CT molecular complexity index is 381. The average Bonchev–Trinajstić information content (AvgIpc) is 2.44. The van der Waals surface area contributed by atoms with Gasteiger partial charge in [-0.15, -0.1) is 11.8 Å². The molecule has 2 N–H and O–H groups in total. The van der Waals surface area contributed by atoms with Crippen LogP contribution in [0.3, 0.4) is 0 Å². The molecule has 3 heteroatoms. The third-order valence-corrected chi connectivity index (χ3v) is 4.37. The molecule has 0 aliphatic heterocycles. The lowest BCUT2D eigenvalue weighted by Crippen LogP contribution is -2.14. The van der Waals surface area contributed by atoms with Gasteiger partial charge in [-0.25, -0.2) is 0 Å². The summed E-state index contributed by atoms with van der Waals surface area (Å²) >= 11 is 1.83. The van der Waals surface area contributed by atoms with Gasteiger partial charge in [0.25, 0.3) is 0 Å². The molecular formula is C17H29NOS. The minimum atomic E-state index is 0.263. The third kappa shape index (κ3) is 5.76. The van der Waals surface area contributed by atoms with E-state index in [9.17, 15) is 0 Å². The fourth-order valence-electron chi connectivity index (χ4n) is 2.28. The summed E-state index contributed by atoms with van der Waals surface area (Å²) in [6, 6.07) is 6.25. The van der Waals surface area contributed by atoms with E-state index in [1.165, 1.54) is 30.6 Å². The molecule has 1 aromatic rings. The first-order valence-electron chi connectivity index (χ1n) is 7.84. The molecule has 0 bridgehead atoms. The van der Waals surface area contributed by atoms with Crippen LogP contribution in [0.15, 0.2) is 23.1 Å². The van der Waals surface area contributed by atoms with Gasteiger partial charge in [0.2, 0.25) is 0 Å². The Morgan fingerprint density at radius 3 is 2.65 bits per heavy atom. The van der Waals surface area contributed by atoms with Crippen LogP contribution in [0, 0.1) is 0 Å². The molecule has 0 saturated carbocycles. The van der Waals surface area contributed by atoms with Crippen LogP contribution in [-0.4, -0.2) is 11.9 Å². The molecular weight excluding hydrogens is 266 g/mol. The molecule has 0 aliphatic carbocycles. The van der Waals surface area contributed by atoms with Gasteiger partial charge in [0, 0.05) is 17.0 Å². The second-order valence-corrected chi connectivity index (χ2v) is 6.45. The Balaban J connectivity index is 2.59. The zero-order valence-electron chi connectivity index (χ0n) is 13.2. The van der Waals surface area contributed by atoms with Crippen LogP contribution >= 0.6 is 11.8 Å². The Hall–Kier alpha value is -0.670. The minimum absolute atomic E-state index is 0.263. The van der Waals surface area contributed by atoms with E-state index in [4.69, 9.17) is 10.5 Å². The standard InChI is InChI=1S/C17H29NOS/c1-4-6-7-8-10-14(3)19-16-11-9-12-17(20-5-2)15(16)13-18/h9,11-12,14H,4-8,10,13,18H2,1-3H3. The van der Waals surface area contributed by atoms with E-state index >= 15 is 0 Å². The van der Waals surface area contributed by atoms with Crippen molar-refractivity contribution in [3.8, 4) is 5.75 Å². The summed E-state index contributed by atoms with van der Waals surface area (Å²) in [4.78, 5) is 1.26. The van der Waals surface area contributed by atoms with Crippen LogP contribution in [0.5, 0.6) is 5.75 Å². The second kappa shape index (κ2) is 10.1. The highest BCUT2D eigenvalue weighted by atomic mass is 32.2. The molecule has 0 spiro atoms. The first-order valence-corrected chi connectivity index (χ1v) is 8.82. The highest BCUT2D eigenvalue weighted by molar-refractivity contribution is 7.99. The van der Waals surface area contributed by atoms with E-state index in [1.807, 2.05) is 17.8 Å². The molecule has 1 atom stereocenters. The number of ether oxygens (including phenoxy) is 1. The Kier molecular flexibility index (Phi) is 8.79. The van der Waals surface area contributed by atoms with Gasteiger partial charge >= 0.3 is 0 Å². The Morgan fingerprint density at radius 2 is 2.00 bits per heavy atom. The van der Waals surface area contributed by atoms with Crippen molar-refractivity contribution in [1.29, 1.82) is 0 Å². The van der Waals surface area contributed by atoms with Crippen molar-refractivity contribution >= 4 is 11.8 Å². The fraction of sp³-hybridized carbons (Fsp3) is 0.647. The average molecular weight is 295 g/mol. The molecule has 1 rings (SSSR count). The summed E-state index contributed by atoms with van der Waals surface area (Å²) < 4.78 is 6.11. The normalized spacial score (nSPS) is 12.4. The van der Waals surface area contributed by atoms with E-state index < -0.39 is 0 Å². The van der Waals surface area contributed by atoms with E-state index in [0.717, 1.165) is 23.5 Å². The third-order valence-electron chi connectivity index (χ3n) is 3.39. The predicted molar refractivity (Wildman–Crippen MR) is 89.6 cm³/mol. The van der Waals surface area contributed by atoms with E-state index in [2.05, 4.69) is 32.9 Å². The highest BCUT2D eigenvalue weighted by Crippen LogP contribution is 2.30. The van der Waals surface area contributed by atoms with Crippen molar-refractivity contribution in [1.82, 2.24) is 0 Å². The van der Waals surface area contributed by atoms with Crippen molar-refractivity contribution in [3.05, 3.63) is 23.8 Å². The van der Waals surface area contributed by atoms with Crippen LogP contribution in [0.25, 0.3) is 0 Å². The van der Waals surface area contributed by atoms with Crippen LogP contribution in [0.1, 0.15) is 58.4 Å². The lowest BCUT2D eigenvalue weighted by Gasteiger charge is -2.18. The van der Waals surface area contributed by atoms with Gasteiger partial charge in [0.05, 0.1) is 6.10 Å². The maximum Gasteiger partial charge on any atom is 0.125 e. The van der Waals surface area contributed by atoms with Crippen molar-refractivity contribution in [2.45, 2.75) is 70.4 Å². The van der Waals surface area contributed by atoms with Crippen LogP contribution in [-0.2, 0) is 6.54 Å². The maximum atomic E-state index is 6.11. The second-order valence-electron chi connectivity index (χ2n) is 5.15. The smallest absolute Gasteiger partial charge is 0.125 e. The summed E-state index contributed by atoms with van der Waals surface area (Å²) in [5, 5.41) is 0. The number of rotatable bonds is 10. The van der Waals surface area contributed by atoms with Gasteiger partial charge in [-0.2, -0.15) is 0 Å². The summed E-state index contributed by atoms with van der Waals surface area (Å²) in [5.74, 6) is 2.03. The number of unbranched alkanes of at least 4 members (excludes halogenated alkanes) is 3. The van der Waals surface area contributed by atoms with Crippen LogP contribution in [0.2, 0.25) is 0 Å². The molecule has 0 fully saturated rings. The van der Waals surface area contributed by atoms with Crippen molar-refractivity contribution < 1.29 is 4.74 Å². The lowest BCUT2D eigenvalue weighted by molar-refractivity contribution is 0.204. The van der Waals surface area contributed by atoms with E-state index in [-0.39, 0.29) is 6.10 Å². The van der Waals surface area contributed by atoms with Crippen molar-refractivity contribution in [3.63, 3.8) is 0 Å². The topological polar surface area (TPSA) is 35.2 Å². The van der Waals surface area contributed by atoms with Crippen molar-refractivity contribution in [2.75, 3.05) is 5.75 Å². The Morgan fingerprint density at radius 1 is 1.20 bits per heavy atom. The first kappa shape index (κ1) is 17.4. The zero-order chi connectivity index (χ0) is 14.8. The predicted octanol–water partition coefficient (Wildman–Crippen LogP) is 5.00. The molecule has 0 aromatic heterocycles. The largest absolute Gasteiger partial charge is 0.490 e. The SMILES string of the molecule is CCCCCCC(C)Oc1cccc(SCC)c1CN. The molecule has 0 amide bonds. The van der Waals surface area contributed by atoms with Gasteiger partial charge in [-0.05, 0) is 37.7 Å². The monoisotopic (exact) mass is 295 g/mol. The molecule has 114 valence electrons. The fourth-order valence-corrected chi connectivity index (χ4v) is 3.13. The lowest BCUT2D eigenvalue weighted by atomic mass is 10.1. The zero-order valence-corrected chi connectivity index (χ0v) is 14.0. The van der Waals surface area contributed by atoms with Crippen LogP contribution in [0.4, 0.5) is 0 Å². The molecule has 2 nitrogen and oxygen atoms in total. The van der Waals surface area contributed by atoms with Crippen LogP contribution < -0.4 is 10.5 Å². The van der Waals surface area contributed by atoms with Crippen molar-refractivity contribution in [2.24, 2.45) is 5.73 Å². The number of hydrogen-bond donors (Lipinski definition) is 1. The van der Waals surface area contributed by atoms with Gasteiger partial charge in [-0.1, -0.05) is 39.2 Å². The quantitative estimate of drug-likeness (QED) is 0.487. The molecule has 20 heavy (non-hydrogen) atoms. The molecule has 1 unspecified atom stereocenters. The van der Waals surface area contributed by atoms with E-state index in [1.54, 1.807) is 0 Å². The molecule has 0 saturated heterocycles. The summed E-state index contributed by atoms with van der Waals surface area (Å²) in [5.41, 5.74) is 7.06.